The molecule has 0 saturated heterocycles. The Morgan fingerprint density at radius 1 is 1.00 bits per heavy atom. The van der Waals surface area contributed by atoms with Crippen molar-refractivity contribution in [1.82, 2.24) is 0 Å². The molecule has 1 aliphatic rings. The summed E-state index contributed by atoms with van der Waals surface area (Å²) in [5.74, 6) is 0. The Labute approximate surface area is 129 Å². The van der Waals surface area contributed by atoms with Crippen LogP contribution in [0.2, 0.25) is 5.02 Å². The third-order valence-electron chi connectivity index (χ3n) is 3.76. The largest absolute Gasteiger partial charge is 0.490 e. The average Bonchev–Trinajstić information content (AvgIpc) is 2.71. The van der Waals surface area contributed by atoms with E-state index in [1.165, 1.54) is 0 Å². The van der Waals surface area contributed by atoms with E-state index in [-0.39, 0.29) is 6.10 Å². The maximum Gasteiger partial charge on any atom is 0.149 e. The summed E-state index contributed by atoms with van der Waals surface area (Å²) >= 11 is 5.92. The normalized spacial score (nSPS) is 22.1. The summed E-state index contributed by atoms with van der Waals surface area (Å²) in [4.78, 5) is 0. The van der Waals surface area contributed by atoms with Crippen molar-refractivity contribution in [3.8, 4) is 0 Å². The highest BCUT2D eigenvalue weighted by atomic mass is 35.5. The number of aliphatic hydroxyl groups excluding tert-OH is 1. The zero-order valence-corrected chi connectivity index (χ0v) is 12.3. The molecule has 0 amide bonds. The zero-order valence-electron chi connectivity index (χ0n) is 11.6. The average molecular weight is 301 g/mol. The number of benzene rings is 2. The number of hydrogen-bond acceptors (Lipinski definition) is 2. The number of ether oxygens (including phenoxy) is 1. The first-order chi connectivity index (χ1) is 10.2. The van der Waals surface area contributed by atoms with Crippen molar-refractivity contribution in [2.24, 2.45) is 0 Å². The number of hydrogen-bond donors (Lipinski definition) is 1. The molecule has 2 unspecified atom stereocenters. The van der Waals surface area contributed by atoms with Crippen LogP contribution in [0.3, 0.4) is 0 Å². The van der Waals surface area contributed by atoms with Gasteiger partial charge in [-0.25, -0.2) is 0 Å². The molecular weight excluding hydrogens is 284 g/mol. The zero-order chi connectivity index (χ0) is 14.7. The van der Waals surface area contributed by atoms with E-state index < -0.39 is 6.10 Å². The van der Waals surface area contributed by atoms with Gasteiger partial charge >= 0.3 is 0 Å². The summed E-state index contributed by atoms with van der Waals surface area (Å²) in [5.41, 5.74) is 3.17. The molecule has 2 aromatic rings. The Balaban J connectivity index is 1.84. The summed E-state index contributed by atoms with van der Waals surface area (Å²) in [6.45, 7) is 0. The Morgan fingerprint density at radius 3 is 2.43 bits per heavy atom. The van der Waals surface area contributed by atoms with Crippen molar-refractivity contribution in [3.05, 3.63) is 77.0 Å². The molecule has 0 aliphatic carbocycles. The van der Waals surface area contributed by atoms with E-state index in [2.05, 4.69) is 0 Å². The van der Waals surface area contributed by atoms with Crippen LogP contribution in [0.4, 0.5) is 0 Å². The molecule has 0 radical (unpaired) electrons. The molecule has 3 heteroatoms. The van der Waals surface area contributed by atoms with Crippen LogP contribution in [-0.2, 0) is 4.74 Å². The van der Waals surface area contributed by atoms with Gasteiger partial charge in [-0.1, -0.05) is 54.1 Å². The monoisotopic (exact) mass is 300 g/mol. The fraction of sp³-hybridized carbons (Fsp3) is 0.222. The molecule has 2 nitrogen and oxygen atoms in total. The van der Waals surface area contributed by atoms with Crippen LogP contribution >= 0.6 is 11.6 Å². The summed E-state index contributed by atoms with van der Waals surface area (Å²) in [6.07, 6.45) is 2.42. The highest BCUT2D eigenvalue weighted by Gasteiger charge is 2.25. The lowest BCUT2D eigenvalue weighted by Gasteiger charge is -2.20. The summed E-state index contributed by atoms with van der Waals surface area (Å²) in [6, 6.07) is 17.5. The minimum absolute atomic E-state index is 0.309. The lowest BCUT2D eigenvalue weighted by atomic mass is 9.97. The number of aliphatic hydroxyl groups is 1. The number of halogens is 1. The second kappa shape index (κ2) is 6.33. The minimum Gasteiger partial charge on any atom is -0.490 e. The molecule has 2 atom stereocenters. The van der Waals surface area contributed by atoms with E-state index >= 15 is 0 Å². The van der Waals surface area contributed by atoms with Gasteiger partial charge in [-0.2, -0.15) is 0 Å². The summed E-state index contributed by atoms with van der Waals surface area (Å²) in [7, 11) is 0. The van der Waals surface area contributed by atoms with Crippen molar-refractivity contribution in [3.63, 3.8) is 0 Å². The quantitative estimate of drug-likeness (QED) is 0.878. The maximum absolute atomic E-state index is 10.3. The molecule has 3 rings (SSSR count). The Bertz CT molecular complexity index is 619. The Kier molecular flexibility index (Phi) is 4.28. The van der Waals surface area contributed by atoms with Crippen molar-refractivity contribution >= 4 is 17.2 Å². The van der Waals surface area contributed by atoms with Crippen molar-refractivity contribution in [2.75, 3.05) is 0 Å². The second-order valence-corrected chi connectivity index (χ2v) is 5.66. The van der Waals surface area contributed by atoms with Crippen LogP contribution in [0.5, 0.6) is 0 Å². The van der Waals surface area contributed by atoms with Gasteiger partial charge in [0, 0.05) is 5.02 Å². The first kappa shape index (κ1) is 14.2. The molecule has 1 N–H and O–H groups in total. The Morgan fingerprint density at radius 2 is 1.71 bits per heavy atom. The van der Waals surface area contributed by atoms with Crippen molar-refractivity contribution in [2.45, 2.75) is 25.0 Å². The SMILES string of the molecule is OC1CCC(c2ccc(Cl)cc2)=COC1c1ccccc1. The molecule has 0 saturated carbocycles. The van der Waals surface area contributed by atoms with Gasteiger partial charge in [0.2, 0.25) is 0 Å². The van der Waals surface area contributed by atoms with E-state index in [0.29, 0.717) is 6.42 Å². The van der Waals surface area contributed by atoms with Gasteiger partial charge in [-0.05, 0) is 41.7 Å². The van der Waals surface area contributed by atoms with E-state index in [1.54, 1.807) is 6.26 Å². The third kappa shape index (κ3) is 3.29. The van der Waals surface area contributed by atoms with Crippen LogP contribution < -0.4 is 0 Å². The highest BCUT2D eigenvalue weighted by molar-refractivity contribution is 6.30. The van der Waals surface area contributed by atoms with Gasteiger partial charge in [0.1, 0.15) is 6.10 Å². The van der Waals surface area contributed by atoms with Gasteiger partial charge in [-0.3, -0.25) is 0 Å². The summed E-state index contributed by atoms with van der Waals surface area (Å²) in [5, 5.41) is 11.1. The molecule has 21 heavy (non-hydrogen) atoms. The van der Waals surface area contributed by atoms with Gasteiger partial charge in [0.15, 0.2) is 0 Å². The van der Waals surface area contributed by atoms with Gasteiger partial charge in [0.05, 0.1) is 12.4 Å². The fourth-order valence-electron chi connectivity index (χ4n) is 2.58. The van der Waals surface area contributed by atoms with E-state index in [9.17, 15) is 5.11 Å². The van der Waals surface area contributed by atoms with Crippen LogP contribution in [0.15, 0.2) is 60.9 Å². The third-order valence-corrected chi connectivity index (χ3v) is 4.01. The van der Waals surface area contributed by atoms with E-state index in [0.717, 1.165) is 28.1 Å². The summed E-state index contributed by atoms with van der Waals surface area (Å²) < 4.78 is 5.85. The predicted molar refractivity (Wildman–Crippen MR) is 84.9 cm³/mol. The minimum atomic E-state index is -0.506. The van der Waals surface area contributed by atoms with Crippen LogP contribution in [0.1, 0.15) is 30.1 Å². The smallest absolute Gasteiger partial charge is 0.149 e. The van der Waals surface area contributed by atoms with E-state index in [1.807, 2.05) is 54.6 Å². The molecule has 0 bridgehead atoms. The lowest BCUT2D eigenvalue weighted by Crippen LogP contribution is -2.18. The molecule has 108 valence electrons. The van der Waals surface area contributed by atoms with Crippen LogP contribution in [0, 0.1) is 0 Å². The van der Waals surface area contributed by atoms with Crippen LogP contribution in [-0.4, -0.2) is 11.2 Å². The van der Waals surface area contributed by atoms with Gasteiger partial charge in [0.25, 0.3) is 0 Å². The van der Waals surface area contributed by atoms with E-state index in [4.69, 9.17) is 16.3 Å². The topological polar surface area (TPSA) is 29.5 Å². The molecule has 1 aliphatic heterocycles. The highest BCUT2D eigenvalue weighted by Crippen LogP contribution is 2.32. The standard InChI is InChI=1S/C18H17ClO2/c19-16-9-6-13(7-10-16)15-8-11-17(20)18(21-12-15)14-4-2-1-3-5-14/h1-7,9-10,12,17-18,20H,8,11H2. The first-order valence-corrected chi connectivity index (χ1v) is 7.45. The Hall–Kier alpha value is -1.77. The molecule has 2 aromatic carbocycles. The van der Waals surface area contributed by atoms with Crippen molar-refractivity contribution in [1.29, 1.82) is 0 Å². The molecule has 0 aromatic heterocycles. The molecule has 1 heterocycles. The number of rotatable bonds is 2. The maximum atomic E-state index is 10.3. The second-order valence-electron chi connectivity index (χ2n) is 5.22. The predicted octanol–water partition coefficient (Wildman–Crippen LogP) is 4.59. The molecular formula is C18H17ClO2. The molecule has 0 spiro atoms. The fourth-order valence-corrected chi connectivity index (χ4v) is 2.71. The lowest BCUT2D eigenvalue weighted by molar-refractivity contribution is 0.00939. The molecule has 0 fully saturated rings. The first-order valence-electron chi connectivity index (χ1n) is 7.07. The van der Waals surface area contributed by atoms with Gasteiger partial charge < -0.3 is 9.84 Å². The van der Waals surface area contributed by atoms with Crippen LogP contribution in [0.25, 0.3) is 5.57 Å². The van der Waals surface area contributed by atoms with Crippen molar-refractivity contribution < 1.29 is 9.84 Å². The van der Waals surface area contributed by atoms with Gasteiger partial charge in [-0.15, -0.1) is 0 Å². The number of allylic oxidation sites excluding steroid dienone is 1.